The Morgan fingerprint density at radius 2 is 1.79 bits per heavy atom. The van der Waals surface area contributed by atoms with Crippen LogP contribution in [0.3, 0.4) is 0 Å². The highest BCUT2D eigenvalue weighted by Crippen LogP contribution is 2.19. The lowest BCUT2D eigenvalue weighted by Crippen LogP contribution is -2.52. The first kappa shape index (κ1) is 25.0. The molecule has 29 heavy (non-hydrogen) atoms. The van der Waals surface area contributed by atoms with Gasteiger partial charge in [-0.3, -0.25) is 9.79 Å². The first-order valence-electron chi connectivity index (χ1n) is 10.5. The number of hydrogen-bond acceptors (Lipinski definition) is 4. The van der Waals surface area contributed by atoms with E-state index in [9.17, 15) is 9.59 Å². The van der Waals surface area contributed by atoms with E-state index in [1.807, 2.05) is 30.3 Å². The van der Waals surface area contributed by atoms with Crippen molar-refractivity contribution in [1.82, 2.24) is 10.6 Å². The van der Waals surface area contributed by atoms with Crippen LogP contribution in [0.4, 0.5) is 0 Å². The normalized spacial score (nSPS) is 11.9. The molecule has 0 aliphatic heterocycles. The summed E-state index contributed by atoms with van der Waals surface area (Å²) < 4.78 is 0. The van der Waals surface area contributed by atoms with Crippen LogP contribution in [0.2, 0.25) is 0 Å². The molecule has 0 aliphatic rings. The Morgan fingerprint density at radius 1 is 1.14 bits per heavy atom. The molecule has 0 spiro atoms. The molecule has 0 fully saturated rings. The zero-order valence-electron chi connectivity index (χ0n) is 17.8. The molecule has 0 aliphatic carbocycles. The van der Waals surface area contributed by atoms with Crippen molar-refractivity contribution in [1.29, 1.82) is 0 Å². The van der Waals surface area contributed by atoms with Gasteiger partial charge in [0.1, 0.15) is 6.29 Å². The summed E-state index contributed by atoms with van der Waals surface area (Å²) in [7, 11) is 0. The summed E-state index contributed by atoms with van der Waals surface area (Å²) in [5.74, 6) is 0.705. The number of thioether (sulfide) groups is 1. The van der Waals surface area contributed by atoms with Crippen molar-refractivity contribution < 1.29 is 9.59 Å². The molecule has 0 unspecified atom stereocenters. The van der Waals surface area contributed by atoms with Gasteiger partial charge >= 0.3 is 0 Å². The van der Waals surface area contributed by atoms with Crippen molar-refractivity contribution in [2.75, 3.05) is 18.8 Å². The third-order valence-electron chi connectivity index (χ3n) is 4.61. The number of carbonyl (C=O) groups is 2. The van der Waals surface area contributed by atoms with Crippen molar-refractivity contribution in [3.63, 3.8) is 0 Å². The van der Waals surface area contributed by atoms with Crippen LogP contribution in [0.25, 0.3) is 0 Å². The maximum atomic E-state index is 11.9. The molecule has 162 valence electrons. The Morgan fingerprint density at radius 3 is 2.38 bits per heavy atom. The van der Waals surface area contributed by atoms with E-state index in [-0.39, 0.29) is 5.91 Å². The van der Waals surface area contributed by atoms with E-state index in [0.29, 0.717) is 31.2 Å². The van der Waals surface area contributed by atoms with E-state index in [2.05, 4.69) is 29.5 Å². The van der Waals surface area contributed by atoms with Crippen LogP contribution in [-0.2, 0) is 9.59 Å². The Hall–Kier alpha value is -2.02. The van der Waals surface area contributed by atoms with Crippen molar-refractivity contribution in [2.45, 2.75) is 69.2 Å². The SMILES string of the molecule is CCCCC(C=O)(CCCC)NC(N)=NCCCNC(=O)CSc1ccccc1. The second kappa shape index (κ2) is 14.9. The van der Waals surface area contributed by atoms with Gasteiger partial charge in [-0.15, -0.1) is 11.8 Å². The number of hydrogen-bond donors (Lipinski definition) is 3. The number of guanidine groups is 1. The minimum Gasteiger partial charge on any atom is -0.370 e. The average molecular weight is 421 g/mol. The number of nitrogens with one attached hydrogen (secondary N) is 2. The monoisotopic (exact) mass is 420 g/mol. The number of aliphatic imine (C=N–C) groups is 1. The fourth-order valence-corrected chi connectivity index (χ4v) is 3.65. The molecule has 4 N–H and O–H groups in total. The summed E-state index contributed by atoms with van der Waals surface area (Å²) in [5, 5.41) is 6.05. The highest BCUT2D eigenvalue weighted by Gasteiger charge is 2.28. The Kier molecular flexibility index (Phi) is 12.9. The van der Waals surface area contributed by atoms with Gasteiger partial charge in [0.05, 0.1) is 11.3 Å². The van der Waals surface area contributed by atoms with Crippen LogP contribution < -0.4 is 16.4 Å². The summed E-state index contributed by atoms with van der Waals surface area (Å²) in [5.41, 5.74) is 5.40. The van der Waals surface area contributed by atoms with Crippen molar-refractivity contribution in [3.8, 4) is 0 Å². The largest absolute Gasteiger partial charge is 0.370 e. The predicted molar refractivity (Wildman–Crippen MR) is 122 cm³/mol. The number of amides is 1. The number of nitrogens with zero attached hydrogens (tertiary/aromatic N) is 1. The number of carbonyl (C=O) groups excluding carboxylic acids is 2. The molecule has 0 atom stereocenters. The molecule has 1 aromatic rings. The molecule has 7 heteroatoms. The molecule has 0 aromatic heterocycles. The Bertz CT molecular complexity index is 614. The smallest absolute Gasteiger partial charge is 0.230 e. The van der Waals surface area contributed by atoms with Gasteiger partial charge in [0.25, 0.3) is 0 Å². The molecule has 0 heterocycles. The van der Waals surface area contributed by atoms with Crippen molar-refractivity contribution in [2.24, 2.45) is 10.7 Å². The maximum Gasteiger partial charge on any atom is 0.230 e. The van der Waals surface area contributed by atoms with Gasteiger partial charge in [-0.25, -0.2) is 0 Å². The highest BCUT2D eigenvalue weighted by molar-refractivity contribution is 8.00. The molecule has 6 nitrogen and oxygen atoms in total. The molecule has 0 saturated heterocycles. The van der Waals surface area contributed by atoms with E-state index in [4.69, 9.17) is 5.73 Å². The first-order chi connectivity index (χ1) is 14.0. The fraction of sp³-hybridized carbons (Fsp3) is 0.591. The average Bonchev–Trinajstić information content (AvgIpc) is 2.74. The van der Waals surface area contributed by atoms with Crippen LogP contribution in [0.5, 0.6) is 0 Å². The topological polar surface area (TPSA) is 96.6 Å². The fourth-order valence-electron chi connectivity index (χ4n) is 2.90. The minimum atomic E-state index is -0.623. The third-order valence-corrected chi connectivity index (χ3v) is 5.62. The number of nitrogens with two attached hydrogens (primary N) is 1. The van der Waals surface area contributed by atoms with Gasteiger partial charge in [0, 0.05) is 18.0 Å². The number of rotatable bonds is 15. The maximum absolute atomic E-state index is 11.9. The summed E-state index contributed by atoms with van der Waals surface area (Å²) in [6.45, 7) is 5.27. The molecule has 0 saturated carbocycles. The van der Waals surface area contributed by atoms with E-state index < -0.39 is 5.54 Å². The zero-order chi connectivity index (χ0) is 21.4. The quantitative estimate of drug-likeness (QED) is 0.133. The summed E-state index contributed by atoms with van der Waals surface area (Å²) in [4.78, 5) is 29.1. The minimum absolute atomic E-state index is 0.00744. The lowest BCUT2D eigenvalue weighted by atomic mass is 9.88. The third kappa shape index (κ3) is 10.9. The summed E-state index contributed by atoms with van der Waals surface area (Å²) in [6.07, 6.45) is 7.21. The first-order valence-corrected chi connectivity index (χ1v) is 11.5. The van der Waals surface area contributed by atoms with E-state index in [0.717, 1.165) is 49.7 Å². The molecule has 0 bridgehead atoms. The van der Waals surface area contributed by atoms with Crippen molar-refractivity contribution >= 4 is 29.9 Å². The van der Waals surface area contributed by atoms with Gasteiger partial charge in [-0.2, -0.15) is 0 Å². The standard InChI is InChI=1S/C22H36N4O2S/c1-3-5-13-22(18-27,14-6-4-2)26-21(23)25-16-10-15-24-20(28)17-29-19-11-8-7-9-12-19/h7-9,11-12,18H,3-6,10,13-17H2,1-2H3,(H,24,28)(H3,23,25,26). The molecule has 1 rings (SSSR count). The van der Waals surface area contributed by atoms with E-state index in [1.54, 1.807) is 0 Å². The molecule has 1 aromatic carbocycles. The van der Waals surface area contributed by atoms with E-state index in [1.165, 1.54) is 11.8 Å². The molecular formula is C22H36N4O2S. The van der Waals surface area contributed by atoms with Crippen LogP contribution in [0.1, 0.15) is 58.8 Å². The zero-order valence-corrected chi connectivity index (χ0v) is 18.6. The van der Waals surface area contributed by atoms with Crippen LogP contribution in [0, 0.1) is 0 Å². The lowest BCUT2D eigenvalue weighted by molar-refractivity contribution is -0.118. The Labute approximate surface area is 179 Å². The van der Waals surface area contributed by atoms with Gasteiger partial charge in [0.15, 0.2) is 5.96 Å². The Balaban J connectivity index is 2.33. The predicted octanol–water partition coefficient (Wildman–Crippen LogP) is 3.51. The second-order valence-corrected chi connectivity index (χ2v) is 8.23. The van der Waals surface area contributed by atoms with Gasteiger partial charge < -0.3 is 21.2 Å². The van der Waals surface area contributed by atoms with Crippen molar-refractivity contribution in [3.05, 3.63) is 30.3 Å². The molecule has 0 radical (unpaired) electrons. The van der Waals surface area contributed by atoms with Gasteiger partial charge in [-0.1, -0.05) is 57.7 Å². The van der Waals surface area contributed by atoms with Crippen LogP contribution in [0.15, 0.2) is 40.2 Å². The van der Waals surface area contributed by atoms with Gasteiger partial charge in [-0.05, 0) is 31.4 Å². The van der Waals surface area contributed by atoms with Crippen LogP contribution >= 0.6 is 11.8 Å². The van der Waals surface area contributed by atoms with Crippen LogP contribution in [-0.4, -0.2) is 42.5 Å². The highest BCUT2D eigenvalue weighted by atomic mass is 32.2. The second-order valence-electron chi connectivity index (χ2n) is 7.18. The molecular weight excluding hydrogens is 384 g/mol. The lowest BCUT2D eigenvalue weighted by Gasteiger charge is -2.30. The summed E-state index contributed by atoms with van der Waals surface area (Å²) in [6, 6.07) is 9.85. The number of benzene rings is 1. The molecule has 1 amide bonds. The van der Waals surface area contributed by atoms with Gasteiger partial charge in [0.2, 0.25) is 5.91 Å². The summed E-state index contributed by atoms with van der Waals surface area (Å²) >= 11 is 1.52. The number of unbranched alkanes of at least 4 members (excludes halogenated alkanes) is 2. The number of aldehydes is 1. The van der Waals surface area contributed by atoms with E-state index >= 15 is 0 Å².